The molecule has 1 rings (SSSR count). The lowest BCUT2D eigenvalue weighted by molar-refractivity contribution is 0.125. The molecule has 0 aliphatic heterocycles. The molecule has 1 aromatic rings. The third kappa shape index (κ3) is 3.58. The highest BCUT2D eigenvalue weighted by atomic mass is 16.3. The fourth-order valence-electron chi connectivity index (χ4n) is 1.60. The molecule has 0 radical (unpaired) electrons. The summed E-state index contributed by atoms with van der Waals surface area (Å²) in [4.78, 5) is 6.02. The van der Waals surface area contributed by atoms with E-state index in [0.29, 0.717) is 0 Å². The maximum Gasteiger partial charge on any atom is 0.0601 e. The molecule has 3 N–H and O–H groups in total. The molecule has 1 heterocycles. The number of aliphatic hydroxyl groups excluding tert-OH is 1. The molecule has 84 valence electrons. The average molecular weight is 209 g/mol. The highest BCUT2D eigenvalue weighted by Crippen LogP contribution is 2.06. The smallest absolute Gasteiger partial charge is 0.0601 e. The second kappa shape index (κ2) is 5.80. The van der Waals surface area contributed by atoms with Crippen molar-refractivity contribution in [2.45, 2.75) is 25.6 Å². The van der Waals surface area contributed by atoms with Crippen LogP contribution in [-0.4, -0.2) is 40.7 Å². The van der Waals surface area contributed by atoms with Gasteiger partial charge in [-0.15, -0.1) is 0 Å². The Bertz CT molecular complexity index is 276. The van der Waals surface area contributed by atoms with Crippen molar-refractivity contribution in [2.75, 3.05) is 13.7 Å². The van der Waals surface area contributed by atoms with Crippen molar-refractivity contribution in [1.82, 2.24) is 9.88 Å². The van der Waals surface area contributed by atoms with Crippen LogP contribution in [0.15, 0.2) is 24.5 Å². The second-order valence-corrected chi connectivity index (χ2v) is 3.88. The zero-order valence-corrected chi connectivity index (χ0v) is 9.30. The first-order valence-electron chi connectivity index (χ1n) is 5.10. The SMILES string of the molecule is CC(N)C(CO)N(C)Cc1ccncc1. The average Bonchev–Trinajstić information content (AvgIpc) is 2.19. The summed E-state index contributed by atoms with van der Waals surface area (Å²) in [7, 11) is 1.96. The van der Waals surface area contributed by atoms with Crippen LogP contribution < -0.4 is 5.73 Å². The summed E-state index contributed by atoms with van der Waals surface area (Å²) < 4.78 is 0. The molecule has 1 aromatic heterocycles. The normalized spacial score (nSPS) is 15.3. The lowest BCUT2D eigenvalue weighted by Gasteiger charge is -2.29. The van der Waals surface area contributed by atoms with Crippen LogP contribution in [0.2, 0.25) is 0 Å². The van der Waals surface area contributed by atoms with E-state index in [1.165, 1.54) is 5.56 Å². The lowest BCUT2D eigenvalue weighted by Crippen LogP contribution is -2.46. The number of nitrogens with zero attached hydrogens (tertiary/aromatic N) is 2. The van der Waals surface area contributed by atoms with Crippen molar-refractivity contribution in [1.29, 1.82) is 0 Å². The third-order valence-electron chi connectivity index (χ3n) is 2.54. The Balaban J connectivity index is 2.58. The molecular weight excluding hydrogens is 190 g/mol. The zero-order valence-electron chi connectivity index (χ0n) is 9.30. The van der Waals surface area contributed by atoms with Crippen molar-refractivity contribution in [3.8, 4) is 0 Å². The van der Waals surface area contributed by atoms with E-state index in [9.17, 15) is 5.11 Å². The van der Waals surface area contributed by atoms with Crippen molar-refractivity contribution in [2.24, 2.45) is 5.73 Å². The van der Waals surface area contributed by atoms with Gasteiger partial charge in [0.1, 0.15) is 0 Å². The number of likely N-dealkylation sites (N-methyl/N-ethyl adjacent to an activating group) is 1. The number of rotatable bonds is 5. The molecule has 0 amide bonds. The maximum absolute atomic E-state index is 9.21. The van der Waals surface area contributed by atoms with Crippen LogP contribution in [0.1, 0.15) is 12.5 Å². The quantitative estimate of drug-likeness (QED) is 0.728. The number of hydrogen-bond donors (Lipinski definition) is 2. The molecule has 0 aromatic carbocycles. The van der Waals surface area contributed by atoms with Crippen LogP contribution in [0.3, 0.4) is 0 Å². The molecule has 0 aliphatic carbocycles. The number of hydrogen-bond acceptors (Lipinski definition) is 4. The van der Waals surface area contributed by atoms with E-state index in [1.54, 1.807) is 12.4 Å². The van der Waals surface area contributed by atoms with Crippen LogP contribution in [0.25, 0.3) is 0 Å². The van der Waals surface area contributed by atoms with Crippen molar-refractivity contribution in [3.05, 3.63) is 30.1 Å². The topological polar surface area (TPSA) is 62.4 Å². The fourth-order valence-corrected chi connectivity index (χ4v) is 1.60. The molecule has 0 fully saturated rings. The van der Waals surface area contributed by atoms with E-state index in [0.717, 1.165) is 6.54 Å². The van der Waals surface area contributed by atoms with E-state index in [-0.39, 0.29) is 18.7 Å². The molecule has 2 unspecified atom stereocenters. The summed E-state index contributed by atoms with van der Waals surface area (Å²) in [6, 6.07) is 3.89. The summed E-state index contributed by atoms with van der Waals surface area (Å²) in [6.07, 6.45) is 3.53. The zero-order chi connectivity index (χ0) is 11.3. The second-order valence-electron chi connectivity index (χ2n) is 3.88. The van der Waals surface area contributed by atoms with Gasteiger partial charge in [0.2, 0.25) is 0 Å². The van der Waals surface area contributed by atoms with Crippen LogP contribution >= 0.6 is 0 Å². The Morgan fingerprint density at radius 2 is 2.07 bits per heavy atom. The van der Waals surface area contributed by atoms with Crippen LogP contribution in [-0.2, 0) is 6.54 Å². The number of nitrogens with two attached hydrogens (primary N) is 1. The van der Waals surface area contributed by atoms with Gasteiger partial charge in [0, 0.05) is 31.0 Å². The Morgan fingerprint density at radius 3 is 2.53 bits per heavy atom. The largest absolute Gasteiger partial charge is 0.395 e. The first kappa shape index (κ1) is 12.1. The number of pyridine rings is 1. The standard InChI is InChI=1S/C11H19N3O/c1-9(12)11(8-15)14(2)7-10-3-5-13-6-4-10/h3-6,9,11,15H,7-8,12H2,1-2H3. The van der Waals surface area contributed by atoms with Gasteiger partial charge in [-0.1, -0.05) is 0 Å². The molecular formula is C11H19N3O. The van der Waals surface area contributed by atoms with E-state index in [1.807, 2.05) is 26.1 Å². The van der Waals surface area contributed by atoms with Gasteiger partial charge in [0.05, 0.1) is 6.61 Å². The predicted octanol–water partition coefficient (Wildman–Crippen LogP) is 0.222. The van der Waals surface area contributed by atoms with Gasteiger partial charge in [-0.25, -0.2) is 0 Å². The van der Waals surface area contributed by atoms with Gasteiger partial charge < -0.3 is 10.8 Å². The van der Waals surface area contributed by atoms with Gasteiger partial charge in [-0.05, 0) is 31.7 Å². The van der Waals surface area contributed by atoms with Gasteiger partial charge in [-0.3, -0.25) is 9.88 Å². The van der Waals surface area contributed by atoms with E-state index in [4.69, 9.17) is 5.73 Å². The van der Waals surface area contributed by atoms with E-state index < -0.39 is 0 Å². The maximum atomic E-state index is 9.21. The van der Waals surface area contributed by atoms with Gasteiger partial charge in [0.15, 0.2) is 0 Å². The van der Waals surface area contributed by atoms with Crippen molar-refractivity contribution in [3.63, 3.8) is 0 Å². The minimum absolute atomic E-state index is 0.00170. The number of aromatic nitrogens is 1. The van der Waals surface area contributed by atoms with Crippen LogP contribution in [0.4, 0.5) is 0 Å². The molecule has 4 heteroatoms. The summed E-state index contributed by atoms with van der Waals surface area (Å²) in [5, 5.41) is 9.21. The van der Waals surface area contributed by atoms with E-state index >= 15 is 0 Å². The Kier molecular flexibility index (Phi) is 4.68. The molecule has 0 spiro atoms. The molecule has 0 aliphatic rings. The summed E-state index contributed by atoms with van der Waals surface area (Å²) in [5.41, 5.74) is 6.96. The monoisotopic (exact) mass is 209 g/mol. The molecule has 0 saturated heterocycles. The Hall–Kier alpha value is -0.970. The minimum atomic E-state index is -0.0400. The Labute approximate surface area is 90.7 Å². The van der Waals surface area contributed by atoms with E-state index in [2.05, 4.69) is 9.88 Å². The molecule has 0 saturated carbocycles. The van der Waals surface area contributed by atoms with Crippen LogP contribution in [0, 0.1) is 0 Å². The highest BCUT2D eigenvalue weighted by Gasteiger charge is 2.17. The Morgan fingerprint density at radius 1 is 1.47 bits per heavy atom. The van der Waals surface area contributed by atoms with Gasteiger partial charge in [0.25, 0.3) is 0 Å². The van der Waals surface area contributed by atoms with Crippen molar-refractivity contribution < 1.29 is 5.11 Å². The van der Waals surface area contributed by atoms with Crippen LogP contribution in [0.5, 0.6) is 0 Å². The number of aliphatic hydroxyl groups is 1. The molecule has 15 heavy (non-hydrogen) atoms. The fraction of sp³-hybridized carbons (Fsp3) is 0.545. The van der Waals surface area contributed by atoms with Crippen molar-refractivity contribution >= 4 is 0 Å². The predicted molar refractivity (Wildman–Crippen MR) is 60.2 cm³/mol. The molecule has 4 nitrogen and oxygen atoms in total. The first-order chi connectivity index (χ1) is 7.15. The third-order valence-corrected chi connectivity index (χ3v) is 2.54. The first-order valence-corrected chi connectivity index (χ1v) is 5.10. The van der Waals surface area contributed by atoms with Gasteiger partial charge >= 0.3 is 0 Å². The summed E-state index contributed by atoms with van der Waals surface area (Å²) in [6.45, 7) is 2.76. The summed E-state index contributed by atoms with van der Waals surface area (Å²) in [5.74, 6) is 0. The lowest BCUT2D eigenvalue weighted by atomic mass is 10.1. The molecule has 0 bridgehead atoms. The highest BCUT2D eigenvalue weighted by molar-refractivity contribution is 5.09. The van der Waals surface area contributed by atoms with Gasteiger partial charge in [-0.2, -0.15) is 0 Å². The molecule has 2 atom stereocenters. The summed E-state index contributed by atoms with van der Waals surface area (Å²) >= 11 is 0. The minimum Gasteiger partial charge on any atom is -0.395 e.